The summed E-state index contributed by atoms with van der Waals surface area (Å²) in [6.45, 7) is 7.00. The summed E-state index contributed by atoms with van der Waals surface area (Å²) in [5.41, 5.74) is 5.42. The Kier molecular flexibility index (Phi) is 10.1. The largest absolute Gasteiger partial charge is 0.460 e. The molecule has 0 spiro atoms. The number of rotatable bonds is 13. The number of aryl methyl sites for hydroxylation is 1. The van der Waals surface area contributed by atoms with Crippen LogP contribution in [0.3, 0.4) is 0 Å². The van der Waals surface area contributed by atoms with Crippen LogP contribution in [-0.2, 0) is 22.6 Å². The predicted molar refractivity (Wildman–Crippen MR) is 141 cm³/mol. The van der Waals surface area contributed by atoms with Gasteiger partial charge in [-0.15, -0.1) is 0 Å². The van der Waals surface area contributed by atoms with Crippen molar-refractivity contribution in [3.05, 3.63) is 90.0 Å². The minimum Gasteiger partial charge on any atom is -0.460 e. The van der Waals surface area contributed by atoms with Gasteiger partial charge in [-0.05, 0) is 59.7 Å². The van der Waals surface area contributed by atoms with Gasteiger partial charge in [-0.2, -0.15) is 11.8 Å². The molecule has 3 aromatic rings. The quantitative estimate of drug-likeness (QED) is 0.244. The number of amides is 1. The van der Waals surface area contributed by atoms with Gasteiger partial charge in [0.1, 0.15) is 12.6 Å². The number of nitrogens with zero attached hydrogens (tertiary/aromatic N) is 1. The summed E-state index contributed by atoms with van der Waals surface area (Å²) in [4.78, 5) is 33.1. The first-order valence-corrected chi connectivity index (χ1v) is 12.9. The predicted octanol–water partition coefficient (Wildman–Crippen LogP) is 4.26. The van der Waals surface area contributed by atoms with E-state index in [1.54, 1.807) is 24.3 Å². The molecule has 0 radical (unpaired) electrons. The fourth-order valence-corrected chi connectivity index (χ4v) is 4.15. The van der Waals surface area contributed by atoms with Crippen molar-refractivity contribution in [3.8, 4) is 11.1 Å². The zero-order chi connectivity index (χ0) is 25.0. The van der Waals surface area contributed by atoms with E-state index in [4.69, 9.17) is 4.74 Å². The molecule has 3 rings (SSSR count). The molecule has 0 saturated heterocycles. The van der Waals surface area contributed by atoms with Gasteiger partial charge in [0.05, 0.1) is 6.33 Å². The second-order valence-electron chi connectivity index (χ2n) is 8.10. The number of thioether (sulfide) groups is 1. The van der Waals surface area contributed by atoms with Crippen molar-refractivity contribution < 1.29 is 14.3 Å². The number of ether oxygens (including phenoxy) is 1. The smallest absolute Gasteiger partial charge is 0.328 e. The number of benzene rings is 2. The van der Waals surface area contributed by atoms with Crippen LogP contribution in [0.2, 0.25) is 0 Å². The van der Waals surface area contributed by atoms with Crippen LogP contribution in [0.15, 0.2) is 67.6 Å². The van der Waals surface area contributed by atoms with Gasteiger partial charge in [0.25, 0.3) is 5.91 Å². The average molecular weight is 493 g/mol. The molecule has 0 aliphatic heterocycles. The molecule has 0 unspecified atom stereocenters. The molecule has 35 heavy (non-hydrogen) atoms. The topological polar surface area (TPSA) is 96.1 Å². The van der Waals surface area contributed by atoms with Crippen LogP contribution in [0.5, 0.6) is 0 Å². The maximum atomic E-state index is 13.4. The third kappa shape index (κ3) is 7.56. The van der Waals surface area contributed by atoms with E-state index in [2.05, 4.69) is 27.2 Å². The molecular formula is C27H32N4O3S. The van der Waals surface area contributed by atoms with Crippen molar-refractivity contribution in [1.29, 1.82) is 0 Å². The van der Waals surface area contributed by atoms with Crippen LogP contribution < -0.4 is 10.6 Å². The van der Waals surface area contributed by atoms with Gasteiger partial charge in [0.15, 0.2) is 0 Å². The van der Waals surface area contributed by atoms with Crippen molar-refractivity contribution in [2.45, 2.75) is 32.5 Å². The monoisotopic (exact) mass is 492 g/mol. The number of carbonyl (C=O) groups excluding carboxylic acids is 2. The van der Waals surface area contributed by atoms with Gasteiger partial charge in [-0.1, -0.05) is 43.0 Å². The highest BCUT2D eigenvalue weighted by molar-refractivity contribution is 7.98. The van der Waals surface area contributed by atoms with E-state index in [-0.39, 0.29) is 12.5 Å². The number of nitrogens with one attached hydrogen (secondary N) is 3. The molecule has 184 valence electrons. The molecule has 1 atom stereocenters. The van der Waals surface area contributed by atoms with Crippen LogP contribution in [0.1, 0.15) is 33.6 Å². The summed E-state index contributed by atoms with van der Waals surface area (Å²) in [7, 11) is 0. The van der Waals surface area contributed by atoms with Crippen LogP contribution in [0, 0.1) is 6.92 Å². The van der Waals surface area contributed by atoms with E-state index in [1.807, 2.05) is 55.6 Å². The first kappa shape index (κ1) is 26.2. The van der Waals surface area contributed by atoms with Crippen molar-refractivity contribution >= 4 is 23.6 Å². The summed E-state index contributed by atoms with van der Waals surface area (Å²) in [6.07, 6.45) is 7.40. The van der Waals surface area contributed by atoms with Crippen LogP contribution in [0.4, 0.5) is 0 Å². The molecule has 3 N–H and O–H groups in total. The molecule has 0 bridgehead atoms. The van der Waals surface area contributed by atoms with Crippen molar-refractivity contribution in [2.75, 3.05) is 18.6 Å². The third-order valence-electron chi connectivity index (χ3n) is 5.51. The molecule has 7 nitrogen and oxygen atoms in total. The van der Waals surface area contributed by atoms with Crippen molar-refractivity contribution in [3.63, 3.8) is 0 Å². The highest BCUT2D eigenvalue weighted by atomic mass is 32.2. The van der Waals surface area contributed by atoms with E-state index in [1.165, 1.54) is 6.08 Å². The summed E-state index contributed by atoms with van der Waals surface area (Å²) in [5, 5.41) is 6.29. The SMILES string of the molecule is C=CCOC(=O)[C@H](CCSC)NC(=O)c1ccc(CNCc2cnc[nH]2)cc1-c1ccccc1C. The summed E-state index contributed by atoms with van der Waals surface area (Å²) < 4.78 is 5.22. The van der Waals surface area contributed by atoms with E-state index in [0.29, 0.717) is 25.1 Å². The Bertz CT molecular complexity index is 1130. The first-order chi connectivity index (χ1) is 17.0. The molecule has 0 aliphatic carbocycles. The molecule has 8 heteroatoms. The Morgan fingerprint density at radius 3 is 2.74 bits per heavy atom. The molecule has 1 heterocycles. The number of aromatic amines is 1. The Morgan fingerprint density at radius 1 is 1.20 bits per heavy atom. The lowest BCUT2D eigenvalue weighted by atomic mass is 9.93. The Labute approximate surface area is 210 Å². The summed E-state index contributed by atoms with van der Waals surface area (Å²) >= 11 is 1.61. The zero-order valence-corrected chi connectivity index (χ0v) is 21.0. The van der Waals surface area contributed by atoms with Gasteiger partial charge >= 0.3 is 5.97 Å². The van der Waals surface area contributed by atoms with E-state index in [0.717, 1.165) is 33.7 Å². The van der Waals surface area contributed by atoms with Crippen LogP contribution >= 0.6 is 11.8 Å². The second kappa shape index (κ2) is 13.5. The van der Waals surface area contributed by atoms with Gasteiger partial charge in [0.2, 0.25) is 0 Å². The highest BCUT2D eigenvalue weighted by Crippen LogP contribution is 2.28. The number of H-pyrrole nitrogens is 1. The highest BCUT2D eigenvalue weighted by Gasteiger charge is 2.24. The molecule has 0 fully saturated rings. The average Bonchev–Trinajstić information content (AvgIpc) is 3.38. The van der Waals surface area contributed by atoms with Crippen molar-refractivity contribution in [2.24, 2.45) is 0 Å². The third-order valence-corrected chi connectivity index (χ3v) is 6.15. The fourth-order valence-electron chi connectivity index (χ4n) is 3.68. The van der Waals surface area contributed by atoms with Gasteiger partial charge < -0.3 is 20.4 Å². The maximum Gasteiger partial charge on any atom is 0.328 e. The number of hydrogen-bond acceptors (Lipinski definition) is 6. The molecule has 1 amide bonds. The Hall–Kier alpha value is -3.36. The maximum absolute atomic E-state index is 13.4. The first-order valence-electron chi connectivity index (χ1n) is 11.5. The lowest BCUT2D eigenvalue weighted by molar-refractivity contribution is -0.144. The summed E-state index contributed by atoms with van der Waals surface area (Å²) in [6, 6.07) is 13.0. The fraction of sp³-hybridized carbons (Fsp3) is 0.296. The van der Waals surface area contributed by atoms with Crippen LogP contribution in [-0.4, -0.2) is 46.5 Å². The van der Waals surface area contributed by atoms with E-state index >= 15 is 0 Å². The summed E-state index contributed by atoms with van der Waals surface area (Å²) in [5.74, 6) is -0.0362. The number of imidazole rings is 1. The minimum atomic E-state index is -0.727. The van der Waals surface area contributed by atoms with Gasteiger partial charge in [-0.3, -0.25) is 4.79 Å². The standard InChI is InChI=1S/C27H32N4O3S/c1-4-12-34-27(33)25(11-13-35-3)31-26(32)23-10-9-20(15-28-16-21-17-29-18-30-21)14-24(23)22-8-6-5-7-19(22)2/h4-10,14,17-18,25,28H,1,11-13,15-16H2,2-3H3,(H,29,30)(H,31,32)/t25-/m0/s1. The lowest BCUT2D eigenvalue weighted by Gasteiger charge is -2.19. The molecule has 1 aromatic heterocycles. The minimum absolute atomic E-state index is 0.110. The molecular weight excluding hydrogens is 460 g/mol. The molecule has 0 saturated carbocycles. The van der Waals surface area contributed by atoms with E-state index < -0.39 is 12.0 Å². The molecule has 0 aliphatic rings. The second-order valence-corrected chi connectivity index (χ2v) is 9.09. The number of esters is 1. The zero-order valence-electron chi connectivity index (χ0n) is 20.2. The van der Waals surface area contributed by atoms with Crippen molar-refractivity contribution in [1.82, 2.24) is 20.6 Å². The number of carbonyl (C=O) groups is 2. The van der Waals surface area contributed by atoms with Gasteiger partial charge in [0, 0.05) is 30.5 Å². The Balaban J connectivity index is 1.85. The lowest BCUT2D eigenvalue weighted by Crippen LogP contribution is -2.42. The Morgan fingerprint density at radius 2 is 2.03 bits per heavy atom. The van der Waals surface area contributed by atoms with Crippen LogP contribution in [0.25, 0.3) is 11.1 Å². The normalized spacial score (nSPS) is 11.6. The van der Waals surface area contributed by atoms with E-state index in [9.17, 15) is 9.59 Å². The molecule has 2 aromatic carbocycles. The number of hydrogen-bond donors (Lipinski definition) is 3. The van der Waals surface area contributed by atoms with Gasteiger partial charge in [-0.25, -0.2) is 9.78 Å². The number of aromatic nitrogens is 2.